The van der Waals surface area contributed by atoms with Crippen LogP contribution in [0.5, 0.6) is 0 Å². The molecular weight excluding hydrogens is 399 g/mol. The van der Waals surface area contributed by atoms with Crippen molar-refractivity contribution in [1.29, 1.82) is 0 Å². The normalized spacial score (nSPS) is 13.8. The molecule has 0 atom stereocenters. The molecule has 4 rings (SSSR count). The molecule has 0 amide bonds. The number of nitro groups is 1. The van der Waals surface area contributed by atoms with Crippen molar-refractivity contribution in [2.75, 3.05) is 11.4 Å². The molecule has 146 valence electrons. The van der Waals surface area contributed by atoms with E-state index in [1.54, 1.807) is 36.3 Å². The molecule has 10 heteroatoms. The third kappa shape index (κ3) is 3.59. The van der Waals surface area contributed by atoms with Gasteiger partial charge in [0.05, 0.1) is 16.8 Å². The van der Waals surface area contributed by atoms with Crippen molar-refractivity contribution in [1.82, 2.24) is 19.7 Å². The molecule has 4 heterocycles. The van der Waals surface area contributed by atoms with Gasteiger partial charge in [0.2, 0.25) is 5.82 Å². The number of hydrogen-bond acceptors (Lipinski definition) is 6. The van der Waals surface area contributed by atoms with Crippen LogP contribution in [0.25, 0.3) is 16.8 Å². The number of pyridine rings is 2. The minimum atomic E-state index is -0.550. The Labute approximate surface area is 169 Å². The van der Waals surface area contributed by atoms with Crippen LogP contribution in [-0.4, -0.2) is 31.2 Å². The molecule has 0 spiro atoms. The number of halogens is 2. The molecule has 0 N–H and O–H groups in total. The van der Waals surface area contributed by atoms with Crippen molar-refractivity contribution in [3.05, 3.63) is 81.8 Å². The van der Waals surface area contributed by atoms with E-state index >= 15 is 0 Å². The van der Waals surface area contributed by atoms with E-state index in [0.29, 0.717) is 16.7 Å². The second-order valence-electron chi connectivity index (χ2n) is 6.30. The molecule has 0 saturated carbocycles. The summed E-state index contributed by atoms with van der Waals surface area (Å²) >= 11 is 5.95. The molecule has 3 aromatic heterocycles. The zero-order valence-corrected chi connectivity index (χ0v) is 15.9. The zero-order valence-electron chi connectivity index (χ0n) is 15.2. The lowest BCUT2D eigenvalue weighted by Gasteiger charge is -2.28. The highest BCUT2D eigenvalue weighted by molar-refractivity contribution is 6.29. The van der Waals surface area contributed by atoms with Gasteiger partial charge in [-0.1, -0.05) is 17.7 Å². The maximum atomic E-state index is 14.8. The number of aromatic nitrogens is 4. The molecule has 0 radical (unpaired) electrons. The van der Waals surface area contributed by atoms with Gasteiger partial charge in [0.15, 0.2) is 0 Å². The van der Waals surface area contributed by atoms with Crippen molar-refractivity contribution in [2.45, 2.75) is 0 Å². The highest BCUT2D eigenvalue weighted by Crippen LogP contribution is 2.38. The van der Waals surface area contributed by atoms with Crippen molar-refractivity contribution < 1.29 is 9.31 Å². The van der Waals surface area contributed by atoms with Gasteiger partial charge in [-0.05, 0) is 18.2 Å². The maximum Gasteiger partial charge on any atom is 0.312 e. The van der Waals surface area contributed by atoms with Gasteiger partial charge in [-0.2, -0.15) is 5.10 Å². The van der Waals surface area contributed by atoms with E-state index < -0.39 is 10.8 Å². The Hall–Kier alpha value is -3.59. The summed E-state index contributed by atoms with van der Waals surface area (Å²) in [7, 11) is 1.75. The Morgan fingerprint density at radius 1 is 1.21 bits per heavy atom. The first-order chi connectivity index (χ1) is 13.9. The molecule has 0 unspecified atom stereocenters. The summed E-state index contributed by atoms with van der Waals surface area (Å²) in [5.41, 5.74) is 1.57. The number of allylic oxidation sites excluding steroid dienone is 2. The molecule has 29 heavy (non-hydrogen) atoms. The van der Waals surface area contributed by atoms with Gasteiger partial charge in [0.1, 0.15) is 11.0 Å². The Bertz CT molecular complexity index is 1170. The van der Waals surface area contributed by atoms with Gasteiger partial charge < -0.3 is 4.90 Å². The van der Waals surface area contributed by atoms with Crippen LogP contribution in [0.3, 0.4) is 0 Å². The second-order valence-corrected chi connectivity index (χ2v) is 6.69. The Balaban J connectivity index is 1.84. The van der Waals surface area contributed by atoms with Crippen molar-refractivity contribution in [3.8, 4) is 11.1 Å². The van der Waals surface area contributed by atoms with Crippen molar-refractivity contribution in [2.24, 2.45) is 7.05 Å². The minimum Gasteiger partial charge on any atom is -0.314 e. The Morgan fingerprint density at radius 2 is 2.03 bits per heavy atom. The first kappa shape index (κ1) is 18.8. The fourth-order valence-corrected chi connectivity index (χ4v) is 3.29. The van der Waals surface area contributed by atoms with E-state index in [-0.39, 0.29) is 28.9 Å². The first-order valence-corrected chi connectivity index (χ1v) is 8.91. The molecule has 0 saturated heterocycles. The number of rotatable bonds is 4. The SMILES string of the molecule is Cn1cc(-c2cnc(N3CC=CC(F)=C3c3ccnc(Cl)c3)c([N+](=O)[O-])c2)cn1. The van der Waals surface area contributed by atoms with E-state index in [4.69, 9.17) is 11.6 Å². The summed E-state index contributed by atoms with van der Waals surface area (Å²) in [5.74, 6) is -0.518. The molecule has 0 fully saturated rings. The molecule has 1 aliphatic heterocycles. The minimum absolute atomic E-state index is 0.0325. The van der Waals surface area contributed by atoms with Crippen LogP contribution in [0, 0.1) is 10.1 Å². The third-order valence-corrected chi connectivity index (χ3v) is 4.59. The summed E-state index contributed by atoms with van der Waals surface area (Å²) in [4.78, 5) is 20.9. The lowest BCUT2D eigenvalue weighted by atomic mass is 10.1. The molecule has 0 aliphatic carbocycles. The summed E-state index contributed by atoms with van der Waals surface area (Å²) < 4.78 is 16.4. The molecular formula is C19H14ClFN6O2. The number of nitrogens with zero attached hydrogens (tertiary/aromatic N) is 6. The van der Waals surface area contributed by atoms with Crippen molar-refractivity contribution >= 4 is 28.8 Å². The molecule has 3 aromatic rings. The highest BCUT2D eigenvalue weighted by atomic mass is 35.5. The summed E-state index contributed by atoms with van der Waals surface area (Å²) in [6, 6.07) is 4.49. The van der Waals surface area contributed by atoms with Crippen LogP contribution in [0.4, 0.5) is 15.9 Å². The van der Waals surface area contributed by atoms with Crippen LogP contribution < -0.4 is 4.90 Å². The van der Waals surface area contributed by atoms with Crippen LogP contribution >= 0.6 is 11.6 Å². The zero-order chi connectivity index (χ0) is 20.5. The number of anilines is 1. The highest BCUT2D eigenvalue weighted by Gasteiger charge is 2.28. The van der Waals surface area contributed by atoms with E-state index in [1.165, 1.54) is 35.5 Å². The van der Waals surface area contributed by atoms with Gasteiger partial charge in [0, 0.05) is 54.9 Å². The second kappa shape index (κ2) is 7.44. The van der Waals surface area contributed by atoms with E-state index in [1.807, 2.05) is 0 Å². The summed E-state index contributed by atoms with van der Waals surface area (Å²) in [5, 5.41) is 16.1. The lowest BCUT2D eigenvalue weighted by molar-refractivity contribution is -0.384. The topological polar surface area (TPSA) is 90.0 Å². The predicted octanol–water partition coefficient (Wildman–Crippen LogP) is 4.15. The van der Waals surface area contributed by atoms with Gasteiger partial charge in [0.25, 0.3) is 0 Å². The fourth-order valence-electron chi connectivity index (χ4n) is 3.11. The standard InChI is InChI=1S/C19H14ClFN6O2/c1-25-11-14(10-24-25)13-7-16(27(28)29)19(23-9-13)26-6-2-3-15(21)18(26)12-4-5-22-17(20)8-12/h2-5,7-11H,6H2,1H3. The van der Waals surface area contributed by atoms with E-state index in [0.717, 1.165) is 0 Å². The predicted molar refractivity (Wildman–Crippen MR) is 107 cm³/mol. The quantitative estimate of drug-likeness (QED) is 0.363. The van der Waals surface area contributed by atoms with E-state index in [9.17, 15) is 14.5 Å². The smallest absolute Gasteiger partial charge is 0.312 e. The summed E-state index contributed by atoms with van der Waals surface area (Å²) in [6.07, 6.45) is 9.16. The van der Waals surface area contributed by atoms with Crippen LogP contribution in [0.1, 0.15) is 5.56 Å². The van der Waals surface area contributed by atoms with Gasteiger partial charge >= 0.3 is 5.69 Å². The van der Waals surface area contributed by atoms with E-state index in [2.05, 4.69) is 15.1 Å². The largest absolute Gasteiger partial charge is 0.314 e. The molecule has 0 bridgehead atoms. The van der Waals surface area contributed by atoms with Crippen molar-refractivity contribution in [3.63, 3.8) is 0 Å². The molecule has 0 aromatic carbocycles. The molecule has 8 nitrogen and oxygen atoms in total. The number of hydrogen-bond donors (Lipinski definition) is 0. The average molecular weight is 413 g/mol. The van der Waals surface area contributed by atoms with Crippen LogP contribution in [0.2, 0.25) is 5.15 Å². The third-order valence-electron chi connectivity index (χ3n) is 4.39. The monoisotopic (exact) mass is 412 g/mol. The first-order valence-electron chi connectivity index (χ1n) is 8.53. The lowest BCUT2D eigenvalue weighted by Crippen LogP contribution is -2.26. The number of aryl methyl sites for hydroxylation is 1. The van der Waals surface area contributed by atoms with Gasteiger partial charge in [-0.25, -0.2) is 14.4 Å². The van der Waals surface area contributed by atoms with Gasteiger partial charge in [-0.15, -0.1) is 0 Å². The van der Waals surface area contributed by atoms with Gasteiger partial charge in [-0.3, -0.25) is 14.8 Å². The van der Waals surface area contributed by atoms with Crippen LogP contribution in [-0.2, 0) is 7.05 Å². The van der Waals surface area contributed by atoms with Crippen LogP contribution in [0.15, 0.2) is 61.0 Å². The fraction of sp³-hybridized carbons (Fsp3) is 0.105. The maximum absolute atomic E-state index is 14.8. The summed E-state index contributed by atoms with van der Waals surface area (Å²) in [6.45, 7) is 0.211. The Morgan fingerprint density at radius 3 is 2.72 bits per heavy atom. The Kier molecular flexibility index (Phi) is 4.81. The molecule has 1 aliphatic rings. The average Bonchev–Trinajstić information content (AvgIpc) is 3.13.